The van der Waals surface area contributed by atoms with Gasteiger partial charge in [-0.3, -0.25) is 0 Å². The highest BCUT2D eigenvalue weighted by Crippen LogP contribution is 2.39. The average molecular weight is 389 g/mol. The molecule has 0 radical (unpaired) electrons. The molecule has 28 heavy (non-hydrogen) atoms. The standard InChI is InChI=1S/C21H32BNO5/c1-14-10-9-11-17(24)16(14)12-15(13-23-18(25)26-19(2,3)4)22-27-20(5,6)21(7,8)28-22/h9-12,24H,13H2,1-8H3,(H,23,25). The van der Waals surface area contributed by atoms with Crippen LogP contribution in [0.4, 0.5) is 4.79 Å². The van der Waals surface area contributed by atoms with Crippen molar-refractivity contribution in [1.29, 1.82) is 0 Å². The van der Waals surface area contributed by atoms with Crippen molar-refractivity contribution >= 4 is 19.3 Å². The molecule has 0 atom stereocenters. The number of rotatable bonds is 4. The van der Waals surface area contributed by atoms with Gasteiger partial charge in [0.2, 0.25) is 0 Å². The van der Waals surface area contributed by atoms with Crippen LogP contribution in [0.1, 0.15) is 59.6 Å². The maximum Gasteiger partial charge on any atom is 0.492 e. The molecule has 154 valence electrons. The number of alkyl carbamates (subject to hydrolysis) is 1. The maximum absolute atomic E-state index is 12.1. The van der Waals surface area contributed by atoms with E-state index in [0.29, 0.717) is 11.0 Å². The predicted octanol–water partition coefficient (Wildman–Crippen LogP) is 4.24. The summed E-state index contributed by atoms with van der Waals surface area (Å²) in [5, 5.41) is 13.0. The molecule has 1 heterocycles. The van der Waals surface area contributed by atoms with Crippen LogP contribution in [-0.4, -0.2) is 41.7 Å². The fourth-order valence-corrected chi connectivity index (χ4v) is 2.72. The van der Waals surface area contributed by atoms with Crippen LogP contribution in [-0.2, 0) is 14.0 Å². The number of nitrogens with one attached hydrogen (secondary N) is 1. The van der Waals surface area contributed by atoms with Crippen molar-refractivity contribution < 1.29 is 23.9 Å². The van der Waals surface area contributed by atoms with Crippen LogP contribution >= 0.6 is 0 Å². The summed E-state index contributed by atoms with van der Waals surface area (Å²) in [7, 11) is -0.654. The van der Waals surface area contributed by atoms with E-state index < -0.39 is 30.0 Å². The van der Waals surface area contributed by atoms with E-state index in [1.54, 1.807) is 12.1 Å². The minimum absolute atomic E-state index is 0.159. The second-order valence-electron chi connectivity index (χ2n) is 9.17. The van der Waals surface area contributed by atoms with Gasteiger partial charge in [-0.2, -0.15) is 0 Å². The number of aromatic hydroxyl groups is 1. The lowest BCUT2D eigenvalue weighted by atomic mass is 9.76. The van der Waals surface area contributed by atoms with Crippen molar-refractivity contribution in [3.8, 4) is 5.75 Å². The zero-order valence-electron chi connectivity index (χ0n) is 18.2. The molecule has 0 unspecified atom stereocenters. The molecule has 1 aliphatic heterocycles. The summed E-state index contributed by atoms with van der Waals surface area (Å²) < 4.78 is 17.6. The van der Waals surface area contributed by atoms with Gasteiger partial charge in [0.1, 0.15) is 11.4 Å². The first-order valence-electron chi connectivity index (χ1n) is 9.53. The van der Waals surface area contributed by atoms with Gasteiger partial charge in [-0.05, 0) is 72.5 Å². The number of ether oxygens (including phenoxy) is 1. The molecule has 1 aliphatic rings. The van der Waals surface area contributed by atoms with Gasteiger partial charge >= 0.3 is 13.2 Å². The predicted molar refractivity (Wildman–Crippen MR) is 111 cm³/mol. The van der Waals surface area contributed by atoms with Crippen molar-refractivity contribution in [3.63, 3.8) is 0 Å². The highest BCUT2D eigenvalue weighted by molar-refractivity contribution is 6.56. The number of carbonyl (C=O) groups is 1. The van der Waals surface area contributed by atoms with E-state index in [2.05, 4.69) is 5.32 Å². The van der Waals surface area contributed by atoms with Crippen molar-refractivity contribution in [2.24, 2.45) is 0 Å². The quantitative estimate of drug-likeness (QED) is 0.754. The molecular weight excluding hydrogens is 357 g/mol. The zero-order chi connectivity index (χ0) is 21.3. The Morgan fingerprint density at radius 3 is 2.29 bits per heavy atom. The van der Waals surface area contributed by atoms with Crippen molar-refractivity contribution in [1.82, 2.24) is 5.32 Å². The van der Waals surface area contributed by atoms with E-state index >= 15 is 0 Å². The van der Waals surface area contributed by atoms with Gasteiger partial charge in [-0.15, -0.1) is 0 Å². The van der Waals surface area contributed by atoms with Gasteiger partial charge in [0.15, 0.2) is 0 Å². The van der Waals surface area contributed by atoms with Crippen LogP contribution in [0, 0.1) is 6.92 Å². The fraction of sp³-hybridized carbons (Fsp3) is 0.571. The highest BCUT2D eigenvalue weighted by Gasteiger charge is 2.52. The number of amides is 1. The van der Waals surface area contributed by atoms with Crippen LogP contribution < -0.4 is 5.32 Å². The number of hydrogen-bond acceptors (Lipinski definition) is 5. The van der Waals surface area contributed by atoms with Crippen LogP contribution in [0.15, 0.2) is 23.7 Å². The van der Waals surface area contributed by atoms with E-state index in [-0.39, 0.29) is 12.3 Å². The molecular formula is C21H32BNO5. The Bertz CT molecular complexity index is 728. The molecule has 0 bridgehead atoms. The molecule has 6 nitrogen and oxygen atoms in total. The number of phenolic OH excluding ortho intramolecular Hbond substituents is 1. The van der Waals surface area contributed by atoms with Crippen LogP contribution in [0.3, 0.4) is 0 Å². The highest BCUT2D eigenvalue weighted by atomic mass is 16.7. The topological polar surface area (TPSA) is 77.0 Å². The number of aryl methyl sites for hydroxylation is 1. The maximum atomic E-state index is 12.1. The minimum Gasteiger partial charge on any atom is -0.507 e. The molecule has 2 rings (SSSR count). The molecule has 7 heteroatoms. The third-order valence-electron chi connectivity index (χ3n) is 5.02. The molecule has 0 aromatic heterocycles. The Kier molecular flexibility index (Phi) is 6.21. The van der Waals surface area contributed by atoms with Crippen molar-refractivity contribution in [2.75, 3.05) is 6.54 Å². The van der Waals surface area contributed by atoms with Crippen LogP contribution in [0.5, 0.6) is 5.75 Å². The lowest BCUT2D eigenvalue weighted by molar-refractivity contribution is 0.00578. The Balaban J connectivity index is 2.32. The molecule has 1 fully saturated rings. The summed E-state index contributed by atoms with van der Waals surface area (Å²) in [5.74, 6) is 0.159. The fourth-order valence-electron chi connectivity index (χ4n) is 2.72. The largest absolute Gasteiger partial charge is 0.507 e. The monoisotopic (exact) mass is 389 g/mol. The van der Waals surface area contributed by atoms with E-state index in [9.17, 15) is 9.90 Å². The SMILES string of the molecule is Cc1cccc(O)c1C=C(CNC(=O)OC(C)(C)C)B1OC(C)(C)C(C)(C)O1. The normalized spacial score (nSPS) is 18.9. The van der Waals surface area contributed by atoms with E-state index in [1.165, 1.54) is 0 Å². The molecule has 1 aromatic carbocycles. The molecule has 0 spiro atoms. The zero-order valence-corrected chi connectivity index (χ0v) is 18.2. The smallest absolute Gasteiger partial charge is 0.492 e. The van der Waals surface area contributed by atoms with E-state index in [0.717, 1.165) is 5.56 Å². The Morgan fingerprint density at radius 2 is 1.79 bits per heavy atom. The Labute approximate surface area is 168 Å². The molecule has 2 N–H and O–H groups in total. The second kappa shape index (κ2) is 7.80. The number of phenols is 1. The summed E-state index contributed by atoms with van der Waals surface area (Å²) in [4.78, 5) is 12.1. The third-order valence-corrected chi connectivity index (χ3v) is 5.02. The van der Waals surface area contributed by atoms with Gasteiger partial charge < -0.3 is 24.5 Å². The minimum atomic E-state index is -0.654. The molecule has 1 amide bonds. The first kappa shape index (κ1) is 22.3. The average Bonchev–Trinajstić information content (AvgIpc) is 2.72. The summed E-state index contributed by atoms with van der Waals surface area (Å²) in [6.07, 6.45) is 1.29. The van der Waals surface area contributed by atoms with E-state index in [1.807, 2.05) is 67.5 Å². The van der Waals surface area contributed by atoms with Gasteiger partial charge in [-0.25, -0.2) is 4.79 Å². The second-order valence-corrected chi connectivity index (χ2v) is 9.17. The first-order chi connectivity index (χ1) is 12.7. The lowest BCUT2D eigenvalue weighted by Crippen LogP contribution is -2.41. The number of hydrogen-bond donors (Lipinski definition) is 2. The van der Waals surface area contributed by atoms with Gasteiger partial charge in [0.25, 0.3) is 0 Å². The lowest BCUT2D eigenvalue weighted by Gasteiger charge is -2.32. The summed E-state index contributed by atoms with van der Waals surface area (Å²) in [5.41, 5.74) is 0.637. The first-order valence-corrected chi connectivity index (χ1v) is 9.53. The van der Waals surface area contributed by atoms with Gasteiger partial charge in [-0.1, -0.05) is 18.2 Å². The number of benzene rings is 1. The van der Waals surface area contributed by atoms with E-state index in [4.69, 9.17) is 14.0 Å². The number of carbonyl (C=O) groups excluding carboxylic acids is 1. The Hall–Kier alpha value is -1.99. The summed E-state index contributed by atoms with van der Waals surface area (Å²) in [6.45, 7) is 15.4. The molecule has 0 aliphatic carbocycles. The van der Waals surface area contributed by atoms with Crippen LogP contribution in [0.25, 0.3) is 6.08 Å². The summed E-state index contributed by atoms with van der Waals surface area (Å²) >= 11 is 0. The Morgan fingerprint density at radius 1 is 1.21 bits per heavy atom. The molecule has 0 saturated carbocycles. The molecule has 1 aromatic rings. The third kappa shape index (κ3) is 5.29. The van der Waals surface area contributed by atoms with Gasteiger partial charge in [0.05, 0.1) is 11.2 Å². The molecule has 1 saturated heterocycles. The van der Waals surface area contributed by atoms with Crippen molar-refractivity contribution in [2.45, 2.75) is 72.2 Å². The van der Waals surface area contributed by atoms with Crippen molar-refractivity contribution in [3.05, 3.63) is 34.8 Å². The van der Waals surface area contributed by atoms with Gasteiger partial charge in [0, 0.05) is 12.1 Å². The summed E-state index contributed by atoms with van der Waals surface area (Å²) in [6, 6.07) is 5.33. The van der Waals surface area contributed by atoms with Crippen LogP contribution in [0.2, 0.25) is 0 Å².